The topological polar surface area (TPSA) is 57.5 Å². The van der Waals surface area contributed by atoms with E-state index in [0.717, 1.165) is 19.3 Å². The fourth-order valence-electron chi connectivity index (χ4n) is 2.24. The molecule has 18 heavy (non-hydrogen) atoms. The molecule has 3 heteroatoms. The highest BCUT2D eigenvalue weighted by molar-refractivity contribution is 5.98. The molecule has 2 N–H and O–H groups in total. The van der Waals surface area contributed by atoms with Crippen molar-refractivity contribution in [2.75, 3.05) is 0 Å². The standard InChI is InChI=1S/C15H24O3/c1-4-5-8-15(3,18)9-6-7-12-11(2)13(16)10-14(12)17/h6-7,12,14,17-18H,2,4-5,8-10H2,1,3H3/b7-6+/t12-,14-,15+/m1/s1. The summed E-state index contributed by atoms with van der Waals surface area (Å²) in [6.07, 6.45) is 6.54. The molecule has 0 unspecified atom stereocenters. The summed E-state index contributed by atoms with van der Waals surface area (Å²) in [5.74, 6) is -0.339. The maximum Gasteiger partial charge on any atom is 0.161 e. The van der Waals surface area contributed by atoms with E-state index in [9.17, 15) is 15.0 Å². The molecule has 0 aromatic rings. The first kappa shape index (κ1) is 15.1. The highest BCUT2D eigenvalue weighted by Crippen LogP contribution is 2.29. The number of carbonyl (C=O) groups is 1. The van der Waals surface area contributed by atoms with Gasteiger partial charge in [-0.15, -0.1) is 0 Å². The number of aliphatic hydroxyl groups excluding tert-OH is 1. The van der Waals surface area contributed by atoms with E-state index in [1.54, 1.807) is 6.08 Å². The fraction of sp³-hybridized carbons (Fsp3) is 0.667. The molecular weight excluding hydrogens is 228 g/mol. The van der Waals surface area contributed by atoms with Gasteiger partial charge in [0.25, 0.3) is 0 Å². The number of hydrogen-bond donors (Lipinski definition) is 2. The number of aliphatic hydroxyl groups is 2. The van der Waals surface area contributed by atoms with Gasteiger partial charge in [0.2, 0.25) is 0 Å². The molecule has 1 fully saturated rings. The first-order valence-corrected chi connectivity index (χ1v) is 6.66. The molecule has 0 heterocycles. The van der Waals surface area contributed by atoms with Gasteiger partial charge in [-0.1, -0.05) is 38.5 Å². The van der Waals surface area contributed by atoms with Crippen molar-refractivity contribution in [3.8, 4) is 0 Å². The van der Waals surface area contributed by atoms with E-state index in [2.05, 4.69) is 13.5 Å². The minimum Gasteiger partial charge on any atom is -0.392 e. The van der Waals surface area contributed by atoms with Gasteiger partial charge in [-0.2, -0.15) is 0 Å². The summed E-state index contributed by atoms with van der Waals surface area (Å²) >= 11 is 0. The van der Waals surface area contributed by atoms with Crippen LogP contribution in [0.5, 0.6) is 0 Å². The Morgan fingerprint density at radius 3 is 2.72 bits per heavy atom. The Kier molecular flexibility index (Phi) is 5.29. The van der Waals surface area contributed by atoms with Crippen LogP contribution < -0.4 is 0 Å². The minimum atomic E-state index is -0.707. The van der Waals surface area contributed by atoms with Gasteiger partial charge in [-0.25, -0.2) is 0 Å². The molecule has 0 radical (unpaired) electrons. The Morgan fingerprint density at radius 2 is 2.22 bits per heavy atom. The van der Waals surface area contributed by atoms with Crippen LogP contribution in [0, 0.1) is 5.92 Å². The van der Waals surface area contributed by atoms with Gasteiger partial charge in [-0.3, -0.25) is 4.79 Å². The lowest BCUT2D eigenvalue weighted by molar-refractivity contribution is -0.115. The molecule has 0 aromatic heterocycles. The van der Waals surface area contributed by atoms with Crippen molar-refractivity contribution >= 4 is 5.78 Å². The van der Waals surface area contributed by atoms with E-state index in [0.29, 0.717) is 12.0 Å². The molecule has 0 aromatic carbocycles. The molecule has 0 spiro atoms. The maximum absolute atomic E-state index is 11.4. The zero-order valence-electron chi connectivity index (χ0n) is 11.4. The first-order valence-electron chi connectivity index (χ1n) is 6.66. The summed E-state index contributed by atoms with van der Waals surface area (Å²) in [6, 6.07) is 0. The highest BCUT2D eigenvalue weighted by atomic mass is 16.3. The lowest BCUT2D eigenvalue weighted by atomic mass is 9.93. The number of hydrogen-bond acceptors (Lipinski definition) is 3. The van der Waals surface area contributed by atoms with Crippen LogP contribution in [0.4, 0.5) is 0 Å². The van der Waals surface area contributed by atoms with Crippen LogP contribution in [0.2, 0.25) is 0 Å². The molecule has 1 rings (SSSR count). The third-order valence-electron chi connectivity index (χ3n) is 3.54. The summed E-state index contributed by atoms with van der Waals surface area (Å²) in [5, 5.41) is 19.8. The monoisotopic (exact) mass is 252 g/mol. The lowest BCUT2D eigenvalue weighted by Gasteiger charge is -2.21. The molecule has 1 saturated carbocycles. The van der Waals surface area contributed by atoms with Gasteiger partial charge >= 0.3 is 0 Å². The smallest absolute Gasteiger partial charge is 0.161 e. The average molecular weight is 252 g/mol. The van der Waals surface area contributed by atoms with Crippen LogP contribution in [0.25, 0.3) is 0 Å². The molecule has 3 atom stereocenters. The molecular formula is C15H24O3. The van der Waals surface area contributed by atoms with Crippen molar-refractivity contribution < 1.29 is 15.0 Å². The third-order valence-corrected chi connectivity index (χ3v) is 3.54. The summed E-state index contributed by atoms with van der Waals surface area (Å²) in [7, 11) is 0. The highest BCUT2D eigenvalue weighted by Gasteiger charge is 2.33. The second-order valence-corrected chi connectivity index (χ2v) is 5.48. The van der Waals surface area contributed by atoms with Crippen molar-refractivity contribution in [1.82, 2.24) is 0 Å². The number of rotatable bonds is 6. The summed E-state index contributed by atoms with van der Waals surface area (Å²) in [5.41, 5.74) is -0.228. The number of ketones is 1. The zero-order chi connectivity index (χ0) is 13.8. The molecule has 1 aliphatic carbocycles. The number of carbonyl (C=O) groups excluding carboxylic acids is 1. The molecule has 0 amide bonds. The Labute approximate surface area is 109 Å². The van der Waals surface area contributed by atoms with E-state index < -0.39 is 11.7 Å². The molecule has 3 nitrogen and oxygen atoms in total. The fourth-order valence-corrected chi connectivity index (χ4v) is 2.24. The van der Waals surface area contributed by atoms with E-state index >= 15 is 0 Å². The normalized spacial score (nSPS) is 28.0. The minimum absolute atomic E-state index is 0.0603. The van der Waals surface area contributed by atoms with Crippen LogP contribution in [0.15, 0.2) is 24.3 Å². The molecule has 0 saturated heterocycles. The van der Waals surface area contributed by atoms with Gasteiger partial charge in [0, 0.05) is 12.3 Å². The quantitative estimate of drug-likeness (QED) is 0.563. The van der Waals surface area contributed by atoms with Crippen molar-refractivity contribution in [2.24, 2.45) is 5.92 Å². The summed E-state index contributed by atoms with van der Waals surface area (Å²) in [4.78, 5) is 11.4. The maximum atomic E-state index is 11.4. The predicted octanol–water partition coefficient (Wildman–Crippen LogP) is 2.38. The molecule has 0 bridgehead atoms. The SMILES string of the molecule is C=C1C(=O)C[C@@H](O)[C@@H]1/C=C/C[C@@](C)(O)CCCC. The molecule has 1 aliphatic rings. The van der Waals surface area contributed by atoms with Gasteiger partial charge in [0.1, 0.15) is 0 Å². The number of Topliss-reactive ketones (excluding diaryl/α,β-unsaturated/α-hetero) is 1. The van der Waals surface area contributed by atoms with Crippen LogP contribution in [-0.2, 0) is 4.79 Å². The molecule has 0 aliphatic heterocycles. The van der Waals surface area contributed by atoms with Crippen LogP contribution in [-0.4, -0.2) is 27.7 Å². The number of unbranched alkanes of at least 4 members (excludes halogenated alkanes) is 1. The lowest BCUT2D eigenvalue weighted by Crippen LogP contribution is -2.23. The van der Waals surface area contributed by atoms with E-state index in [1.807, 2.05) is 13.0 Å². The van der Waals surface area contributed by atoms with Gasteiger partial charge in [0.05, 0.1) is 11.7 Å². The van der Waals surface area contributed by atoms with E-state index in [4.69, 9.17) is 0 Å². The van der Waals surface area contributed by atoms with Gasteiger partial charge in [0.15, 0.2) is 5.78 Å². The van der Waals surface area contributed by atoms with Crippen molar-refractivity contribution in [2.45, 2.75) is 57.7 Å². The van der Waals surface area contributed by atoms with Crippen LogP contribution in [0.3, 0.4) is 0 Å². The van der Waals surface area contributed by atoms with E-state index in [1.165, 1.54) is 0 Å². The van der Waals surface area contributed by atoms with Crippen LogP contribution >= 0.6 is 0 Å². The molecule has 102 valence electrons. The largest absolute Gasteiger partial charge is 0.392 e. The Bertz CT molecular complexity index is 342. The van der Waals surface area contributed by atoms with Crippen molar-refractivity contribution in [1.29, 1.82) is 0 Å². The third kappa shape index (κ3) is 4.07. The van der Waals surface area contributed by atoms with Gasteiger partial charge in [-0.05, 0) is 25.3 Å². The Morgan fingerprint density at radius 1 is 1.56 bits per heavy atom. The van der Waals surface area contributed by atoms with E-state index in [-0.39, 0.29) is 18.1 Å². The average Bonchev–Trinajstić information content (AvgIpc) is 2.53. The summed E-state index contributed by atoms with van der Waals surface area (Å²) < 4.78 is 0. The predicted molar refractivity (Wildman–Crippen MR) is 72.2 cm³/mol. The van der Waals surface area contributed by atoms with Gasteiger partial charge < -0.3 is 10.2 Å². The van der Waals surface area contributed by atoms with Crippen molar-refractivity contribution in [3.63, 3.8) is 0 Å². The van der Waals surface area contributed by atoms with Crippen LogP contribution in [0.1, 0.15) is 46.0 Å². The zero-order valence-corrected chi connectivity index (χ0v) is 11.4. The summed E-state index contributed by atoms with van der Waals surface area (Å²) in [6.45, 7) is 7.62. The second-order valence-electron chi connectivity index (χ2n) is 5.48. The first-order chi connectivity index (χ1) is 8.37. The second kappa shape index (κ2) is 6.30. The Balaban J connectivity index is 2.50. The van der Waals surface area contributed by atoms with Crippen molar-refractivity contribution in [3.05, 3.63) is 24.3 Å². The Hall–Kier alpha value is -0.930.